The highest BCUT2D eigenvalue weighted by atomic mass is 32.2. The van der Waals surface area contributed by atoms with E-state index >= 15 is 0 Å². The average Bonchev–Trinajstić information content (AvgIpc) is 3.01. The maximum atomic E-state index is 12.4. The van der Waals surface area contributed by atoms with Gasteiger partial charge in [-0.25, -0.2) is 9.59 Å². The highest BCUT2D eigenvalue weighted by Gasteiger charge is 2.32. The molecule has 12 heteroatoms. The molecule has 0 spiro atoms. The molecule has 1 aromatic carbocycles. The molecule has 0 bridgehead atoms. The summed E-state index contributed by atoms with van der Waals surface area (Å²) in [6, 6.07) is 7.42. The van der Waals surface area contributed by atoms with Crippen molar-refractivity contribution in [3.8, 4) is 11.5 Å². The van der Waals surface area contributed by atoms with Crippen molar-refractivity contribution in [2.24, 2.45) is 0 Å². The predicted octanol–water partition coefficient (Wildman–Crippen LogP) is 8.06. The van der Waals surface area contributed by atoms with Crippen LogP contribution in [0.15, 0.2) is 48.6 Å². The predicted molar refractivity (Wildman–Crippen MR) is 197 cm³/mol. The zero-order valence-electron chi connectivity index (χ0n) is 26.2. The maximum Gasteiger partial charge on any atom is 0.331 e. The molecule has 0 saturated carbocycles. The van der Waals surface area contributed by atoms with Gasteiger partial charge in [-0.2, -0.15) is 47.0 Å². The largest absolute Gasteiger partial charge is 0.488 e. The summed E-state index contributed by atoms with van der Waals surface area (Å²) in [5.74, 6) is 9.42. The van der Waals surface area contributed by atoms with Gasteiger partial charge in [0, 0.05) is 63.2 Å². The fourth-order valence-electron chi connectivity index (χ4n) is 4.27. The molecular weight excluding hydrogens is 673 g/mol. The van der Waals surface area contributed by atoms with Crippen LogP contribution >= 0.6 is 70.6 Å². The van der Waals surface area contributed by atoms with Gasteiger partial charge in [0.05, 0.1) is 0 Å². The Labute approximate surface area is 289 Å². The van der Waals surface area contributed by atoms with Crippen molar-refractivity contribution in [3.63, 3.8) is 0 Å². The fourth-order valence-corrected chi connectivity index (χ4v) is 12.3. The molecule has 2 heterocycles. The van der Waals surface area contributed by atoms with Gasteiger partial charge in [-0.1, -0.05) is 18.2 Å². The van der Waals surface area contributed by atoms with E-state index in [0.29, 0.717) is 22.0 Å². The van der Waals surface area contributed by atoms with Crippen LogP contribution in [-0.4, -0.2) is 91.5 Å². The Morgan fingerprint density at radius 3 is 1.64 bits per heavy atom. The Balaban J connectivity index is 1.58. The molecule has 2 aliphatic rings. The van der Waals surface area contributed by atoms with Crippen molar-refractivity contribution in [1.82, 2.24) is 0 Å². The minimum Gasteiger partial charge on any atom is -0.488 e. The molecule has 0 amide bonds. The summed E-state index contributed by atoms with van der Waals surface area (Å²) < 4.78 is 24.1. The number of hydrogen-bond donors (Lipinski definition) is 0. The van der Waals surface area contributed by atoms with Gasteiger partial charge in [0.2, 0.25) is 0 Å². The van der Waals surface area contributed by atoms with E-state index in [-0.39, 0.29) is 25.2 Å². The normalized spacial score (nSPS) is 21.8. The van der Waals surface area contributed by atoms with E-state index in [1.807, 2.05) is 85.2 Å². The minimum absolute atomic E-state index is 0.197. The molecule has 246 valence electrons. The first-order chi connectivity index (χ1) is 21.2. The smallest absolute Gasteiger partial charge is 0.331 e. The third-order valence-corrected chi connectivity index (χ3v) is 14.8. The molecule has 1 aromatic rings. The van der Waals surface area contributed by atoms with Crippen LogP contribution in [0, 0.1) is 0 Å². The third-order valence-electron chi connectivity index (χ3n) is 6.51. The molecule has 4 unspecified atom stereocenters. The van der Waals surface area contributed by atoms with E-state index < -0.39 is 9.87 Å². The van der Waals surface area contributed by atoms with Gasteiger partial charge < -0.3 is 18.9 Å². The second-order valence-corrected chi connectivity index (χ2v) is 18.8. The first-order valence-electron chi connectivity index (χ1n) is 15.0. The van der Waals surface area contributed by atoms with Crippen LogP contribution in [0.3, 0.4) is 0 Å². The number of rotatable bonds is 18. The number of allylic oxidation sites excluding steroid dienone is 2. The van der Waals surface area contributed by atoms with Crippen molar-refractivity contribution < 1.29 is 28.5 Å². The third kappa shape index (κ3) is 14.8. The van der Waals surface area contributed by atoms with E-state index in [0.717, 1.165) is 24.3 Å². The first kappa shape index (κ1) is 37.8. The fraction of sp³-hybridized carbons (Fsp3) is 0.625. The lowest BCUT2D eigenvalue weighted by Gasteiger charge is -2.30. The van der Waals surface area contributed by atoms with Crippen LogP contribution in [-0.2, 0) is 19.1 Å². The standard InChI is InChI=1S/C32H46O6S6/c1-5-8-29(33)37-31(3,43-14-12-27-21-39-16-18-41-27)23-35-25-10-7-11-26(20-25)36-24-32(4,38-30(34)9-6-2)44-15-13-28-22-40-17-19-42-28/h5-11,20,27-28H,12-19,21-24H2,1-4H3. The topological polar surface area (TPSA) is 71.1 Å². The van der Waals surface area contributed by atoms with Gasteiger partial charge in [0.15, 0.2) is 9.87 Å². The van der Waals surface area contributed by atoms with Gasteiger partial charge in [-0.15, -0.1) is 23.5 Å². The Morgan fingerprint density at radius 2 is 1.25 bits per heavy atom. The molecule has 0 aliphatic carbocycles. The molecule has 44 heavy (non-hydrogen) atoms. The molecule has 0 radical (unpaired) electrons. The summed E-state index contributed by atoms with van der Waals surface area (Å²) in [5, 5.41) is 1.27. The summed E-state index contributed by atoms with van der Waals surface area (Å²) >= 11 is 11.3. The molecule has 4 atom stereocenters. The van der Waals surface area contributed by atoms with Crippen LogP contribution < -0.4 is 9.47 Å². The second kappa shape index (κ2) is 20.5. The Morgan fingerprint density at radius 1 is 0.795 bits per heavy atom. The van der Waals surface area contributed by atoms with E-state index in [2.05, 4.69) is 0 Å². The number of ether oxygens (including phenoxy) is 4. The van der Waals surface area contributed by atoms with Crippen LogP contribution in [0.5, 0.6) is 11.5 Å². The molecular formula is C32H46O6S6. The van der Waals surface area contributed by atoms with E-state index in [9.17, 15) is 9.59 Å². The number of carbonyl (C=O) groups excluding carboxylic acids is 2. The minimum atomic E-state index is -0.842. The number of thioether (sulfide) groups is 6. The summed E-state index contributed by atoms with van der Waals surface area (Å²) in [5.41, 5.74) is 0. The van der Waals surface area contributed by atoms with Crippen molar-refractivity contribution >= 4 is 82.5 Å². The summed E-state index contributed by atoms with van der Waals surface area (Å²) in [6.07, 6.45) is 8.37. The van der Waals surface area contributed by atoms with Crippen LogP contribution in [0.25, 0.3) is 0 Å². The number of carbonyl (C=O) groups is 2. The lowest BCUT2D eigenvalue weighted by Crippen LogP contribution is -2.35. The van der Waals surface area contributed by atoms with Gasteiger partial charge >= 0.3 is 11.9 Å². The molecule has 2 saturated heterocycles. The highest BCUT2D eigenvalue weighted by Crippen LogP contribution is 2.35. The zero-order chi connectivity index (χ0) is 31.7. The van der Waals surface area contributed by atoms with Gasteiger partial charge in [0.1, 0.15) is 24.7 Å². The number of benzene rings is 1. The highest BCUT2D eigenvalue weighted by molar-refractivity contribution is 8.07. The van der Waals surface area contributed by atoms with Crippen LogP contribution in [0.1, 0.15) is 40.5 Å². The molecule has 6 nitrogen and oxygen atoms in total. The average molecular weight is 719 g/mol. The summed E-state index contributed by atoms with van der Waals surface area (Å²) in [7, 11) is 0. The number of hydrogen-bond acceptors (Lipinski definition) is 12. The molecule has 2 aliphatic heterocycles. The van der Waals surface area contributed by atoms with Crippen molar-refractivity contribution in [2.45, 2.75) is 60.9 Å². The Kier molecular flexibility index (Phi) is 17.7. The zero-order valence-corrected chi connectivity index (χ0v) is 31.1. The van der Waals surface area contributed by atoms with Crippen molar-refractivity contribution in [2.75, 3.05) is 59.2 Å². The van der Waals surface area contributed by atoms with E-state index in [1.165, 1.54) is 46.7 Å². The van der Waals surface area contributed by atoms with E-state index in [4.69, 9.17) is 18.9 Å². The van der Waals surface area contributed by atoms with Crippen LogP contribution in [0.4, 0.5) is 0 Å². The monoisotopic (exact) mass is 718 g/mol. The molecule has 3 rings (SSSR count). The van der Waals surface area contributed by atoms with Crippen LogP contribution in [0.2, 0.25) is 0 Å². The van der Waals surface area contributed by atoms with Gasteiger partial charge in [-0.3, -0.25) is 0 Å². The first-order valence-corrected chi connectivity index (χ1v) is 21.3. The van der Waals surface area contributed by atoms with Gasteiger partial charge in [-0.05, 0) is 64.2 Å². The Hall–Kier alpha value is -0.660. The van der Waals surface area contributed by atoms with E-state index in [1.54, 1.807) is 49.5 Å². The van der Waals surface area contributed by atoms with Gasteiger partial charge in [0.25, 0.3) is 0 Å². The lowest BCUT2D eigenvalue weighted by atomic mass is 10.3. The summed E-state index contributed by atoms with van der Waals surface area (Å²) in [4.78, 5) is 23.1. The molecule has 0 N–H and O–H groups in total. The SMILES string of the molecule is CC=CC(=O)OC(C)(COc1cccc(OCC(C)(OC(=O)C=CC)SCCC2CSCCS2)c1)SCCC1CSCCS1. The maximum absolute atomic E-state index is 12.4. The van der Waals surface area contributed by atoms with Crippen molar-refractivity contribution in [3.05, 3.63) is 48.6 Å². The molecule has 0 aromatic heterocycles. The Bertz CT molecular complexity index is 996. The second-order valence-electron chi connectivity index (χ2n) is 10.6. The number of esters is 2. The molecule has 2 fully saturated rings. The van der Waals surface area contributed by atoms with Crippen molar-refractivity contribution in [1.29, 1.82) is 0 Å². The quantitative estimate of drug-likeness (QED) is 0.0838. The lowest BCUT2D eigenvalue weighted by molar-refractivity contribution is -0.147. The summed E-state index contributed by atoms with van der Waals surface area (Å²) in [6.45, 7) is 7.81.